The van der Waals surface area contributed by atoms with E-state index in [9.17, 15) is 40.5 Å². The molecule has 15 atom stereocenters. The summed E-state index contributed by atoms with van der Waals surface area (Å²) >= 11 is 0. The van der Waals surface area contributed by atoms with Crippen molar-refractivity contribution in [3.8, 4) is 0 Å². The maximum Gasteiger partial charge on any atom is 0.249 e. The number of nitrogens with one attached hydrogen (secondary N) is 1. The zero-order chi connectivity index (χ0) is 28.3. The lowest BCUT2D eigenvalue weighted by molar-refractivity contribution is -0.307. The zero-order valence-corrected chi connectivity index (χ0v) is 20.7. The molecule has 17 nitrogen and oxygen atoms in total. The van der Waals surface area contributed by atoms with Gasteiger partial charge in [-0.05, 0) is 19.4 Å². The molecular weight excluding hydrogens is 514 g/mol. The first kappa shape index (κ1) is 31.4. The van der Waals surface area contributed by atoms with Gasteiger partial charge in [-0.1, -0.05) is 0 Å². The lowest BCUT2D eigenvalue weighted by atomic mass is 9.83. The Morgan fingerprint density at radius 1 is 0.895 bits per heavy atom. The fourth-order valence-corrected chi connectivity index (χ4v) is 4.84. The van der Waals surface area contributed by atoms with Crippen LogP contribution in [0.4, 0.5) is 0 Å². The van der Waals surface area contributed by atoms with Crippen molar-refractivity contribution in [2.45, 2.75) is 105 Å². The van der Waals surface area contributed by atoms with Gasteiger partial charge in [0.2, 0.25) is 5.91 Å². The average Bonchev–Trinajstić information content (AvgIpc) is 3.16. The van der Waals surface area contributed by atoms with Crippen molar-refractivity contribution in [1.29, 1.82) is 0 Å². The summed E-state index contributed by atoms with van der Waals surface area (Å²) in [7, 11) is 0. The third-order valence-electron chi connectivity index (χ3n) is 7.15. The van der Waals surface area contributed by atoms with E-state index in [-0.39, 0.29) is 25.9 Å². The van der Waals surface area contributed by atoms with E-state index in [1.54, 1.807) is 0 Å². The van der Waals surface area contributed by atoms with E-state index in [1.807, 2.05) is 0 Å². The molecule has 0 aromatic carbocycles. The van der Waals surface area contributed by atoms with Crippen LogP contribution in [0.1, 0.15) is 12.8 Å². The maximum absolute atomic E-state index is 12.4. The summed E-state index contributed by atoms with van der Waals surface area (Å²) in [6, 6.07) is -3.29. The maximum atomic E-state index is 12.4. The van der Waals surface area contributed by atoms with Crippen LogP contribution < -0.4 is 28.3 Å². The van der Waals surface area contributed by atoms with Gasteiger partial charge in [-0.3, -0.25) is 4.79 Å². The molecule has 1 aliphatic carbocycles. The van der Waals surface area contributed by atoms with Crippen molar-refractivity contribution in [3.63, 3.8) is 0 Å². The molecule has 0 spiro atoms. The summed E-state index contributed by atoms with van der Waals surface area (Å²) in [6.45, 7) is -0.764. The predicted octanol–water partition coefficient (Wildman–Crippen LogP) is -7.79. The third kappa shape index (κ3) is 6.60. The zero-order valence-electron chi connectivity index (χ0n) is 20.7. The van der Waals surface area contributed by atoms with Gasteiger partial charge in [-0.15, -0.1) is 0 Å². The summed E-state index contributed by atoms with van der Waals surface area (Å²) in [4.78, 5) is 12.4. The quantitative estimate of drug-likeness (QED) is 0.119. The van der Waals surface area contributed by atoms with Crippen LogP contribution in [0.5, 0.6) is 0 Å². The average molecular weight is 556 g/mol. The van der Waals surface area contributed by atoms with E-state index in [2.05, 4.69) is 5.32 Å². The summed E-state index contributed by atoms with van der Waals surface area (Å²) in [6.07, 6.45) is -16.9. The normalized spacial score (nSPS) is 46.6. The first-order valence-electron chi connectivity index (χ1n) is 12.5. The number of carbonyl (C=O) groups is 1. The Morgan fingerprint density at radius 2 is 1.50 bits per heavy atom. The van der Waals surface area contributed by atoms with Crippen LogP contribution >= 0.6 is 0 Å². The van der Waals surface area contributed by atoms with Gasteiger partial charge in [0, 0.05) is 12.6 Å². The molecule has 222 valence electrons. The van der Waals surface area contributed by atoms with Crippen LogP contribution in [0.3, 0.4) is 0 Å². The van der Waals surface area contributed by atoms with Gasteiger partial charge in [-0.2, -0.15) is 0 Å². The van der Waals surface area contributed by atoms with Crippen LogP contribution in [0.15, 0.2) is 0 Å². The molecule has 2 heterocycles. The Bertz CT molecular complexity index is 770. The van der Waals surface area contributed by atoms with E-state index in [4.69, 9.17) is 41.9 Å². The highest BCUT2D eigenvalue weighted by Gasteiger charge is 2.53. The summed E-state index contributed by atoms with van der Waals surface area (Å²) in [5.41, 5.74) is 23.3. The molecule has 0 aromatic rings. The van der Waals surface area contributed by atoms with E-state index in [1.165, 1.54) is 0 Å². The lowest BCUT2D eigenvalue weighted by Gasteiger charge is -2.48. The van der Waals surface area contributed by atoms with E-state index in [0.717, 1.165) is 0 Å². The van der Waals surface area contributed by atoms with Crippen molar-refractivity contribution >= 4 is 5.91 Å². The lowest BCUT2D eigenvalue weighted by Crippen LogP contribution is -2.69. The van der Waals surface area contributed by atoms with Gasteiger partial charge in [0.1, 0.15) is 61.0 Å². The van der Waals surface area contributed by atoms with E-state index in [0.29, 0.717) is 0 Å². The van der Waals surface area contributed by atoms with Gasteiger partial charge in [0.05, 0.1) is 18.7 Å². The van der Waals surface area contributed by atoms with Gasteiger partial charge >= 0.3 is 0 Å². The highest BCUT2D eigenvalue weighted by Crippen LogP contribution is 2.32. The minimum absolute atomic E-state index is 0.0255. The first-order valence-corrected chi connectivity index (χ1v) is 12.5. The summed E-state index contributed by atoms with van der Waals surface area (Å²) in [5.74, 6) is -0.807. The number of nitrogens with two attached hydrogens (primary N) is 4. The fourth-order valence-electron chi connectivity index (χ4n) is 4.84. The van der Waals surface area contributed by atoms with Crippen molar-refractivity contribution < 1.29 is 59.5 Å². The molecule has 3 aliphatic rings. The minimum Gasteiger partial charge on any atom is -0.394 e. The van der Waals surface area contributed by atoms with Gasteiger partial charge < -0.3 is 82.9 Å². The van der Waals surface area contributed by atoms with E-state index < -0.39 is 104 Å². The van der Waals surface area contributed by atoms with Gasteiger partial charge in [0.15, 0.2) is 12.6 Å². The molecule has 0 aromatic heterocycles. The van der Waals surface area contributed by atoms with Crippen molar-refractivity contribution in [2.24, 2.45) is 22.9 Å². The molecule has 3 rings (SSSR count). The number of aliphatic hydroxyl groups is 7. The number of hydrogen-bond donors (Lipinski definition) is 12. The Morgan fingerprint density at radius 3 is 2.08 bits per heavy atom. The van der Waals surface area contributed by atoms with Crippen LogP contribution in [0.25, 0.3) is 0 Å². The number of hydrogen-bond acceptors (Lipinski definition) is 16. The molecule has 1 amide bonds. The SMILES string of the molecule is NCC[C@H](O)C(=O)N[C@H]1C[C@@H](N)[C@@H](O[C@H]2O[C@@H](CN)[C@@H](O)[C@@H](O)[C@@H]2N)[C@@H](O[C@H]2O[C@@H](CO)[C@@H](O)[C@@H]2O)[C@@H]1O. The molecule has 17 heteroatoms. The fraction of sp³-hybridized carbons (Fsp3) is 0.952. The molecule has 0 radical (unpaired) electrons. The molecule has 2 aliphatic heterocycles. The second-order valence-corrected chi connectivity index (χ2v) is 9.84. The van der Waals surface area contributed by atoms with Crippen molar-refractivity contribution in [1.82, 2.24) is 5.32 Å². The predicted molar refractivity (Wildman–Crippen MR) is 125 cm³/mol. The standard InChI is InChI=1S/C21H41N5O12/c22-2-1-8(28)19(34)26-7-3-6(24)17(37-20-11(25)15(32)13(30)9(4-23)35-20)18(12(7)29)38-21-16(33)14(31)10(5-27)36-21/h6-18,20-21,27-33H,1-5,22-25H2,(H,26,34)/t6-,7+,8+,9+,10+,11+,12-,13-,14-,15+,16+,17-,18+,20-,21-/m1/s1. The van der Waals surface area contributed by atoms with Crippen LogP contribution in [-0.2, 0) is 23.7 Å². The molecule has 38 heavy (non-hydrogen) atoms. The Hall–Kier alpha value is -1.13. The minimum atomic E-state index is -1.62. The largest absolute Gasteiger partial charge is 0.394 e. The number of ether oxygens (including phenoxy) is 4. The Labute approximate surface area is 218 Å². The summed E-state index contributed by atoms with van der Waals surface area (Å²) < 4.78 is 22.7. The van der Waals surface area contributed by atoms with E-state index >= 15 is 0 Å². The second-order valence-electron chi connectivity index (χ2n) is 9.84. The number of rotatable bonds is 10. The molecular formula is C21H41N5O12. The highest BCUT2D eigenvalue weighted by molar-refractivity contribution is 5.80. The second kappa shape index (κ2) is 13.5. The molecule has 3 fully saturated rings. The molecule has 1 saturated carbocycles. The monoisotopic (exact) mass is 555 g/mol. The number of aliphatic hydroxyl groups excluding tert-OH is 7. The van der Waals surface area contributed by atoms with Crippen LogP contribution in [0.2, 0.25) is 0 Å². The number of amides is 1. The molecule has 16 N–H and O–H groups in total. The molecule has 2 saturated heterocycles. The Kier molecular flexibility index (Phi) is 11.1. The van der Waals surface area contributed by atoms with Crippen molar-refractivity contribution in [3.05, 3.63) is 0 Å². The third-order valence-corrected chi connectivity index (χ3v) is 7.15. The van der Waals surface area contributed by atoms with Gasteiger partial charge in [0.25, 0.3) is 0 Å². The number of carbonyl (C=O) groups excluding carboxylic acids is 1. The van der Waals surface area contributed by atoms with Crippen molar-refractivity contribution in [2.75, 3.05) is 19.7 Å². The van der Waals surface area contributed by atoms with Crippen LogP contribution in [-0.4, -0.2) is 153 Å². The summed E-state index contributed by atoms with van der Waals surface area (Å²) in [5, 5.41) is 74.0. The molecule has 0 bridgehead atoms. The smallest absolute Gasteiger partial charge is 0.249 e. The topological polar surface area (TPSA) is 312 Å². The Balaban J connectivity index is 1.84. The van der Waals surface area contributed by atoms with Gasteiger partial charge in [-0.25, -0.2) is 0 Å². The first-order chi connectivity index (χ1) is 17.9. The van der Waals surface area contributed by atoms with Crippen LogP contribution in [0, 0.1) is 0 Å². The highest BCUT2D eigenvalue weighted by atomic mass is 16.7. The molecule has 0 unspecified atom stereocenters.